The van der Waals surface area contributed by atoms with E-state index >= 15 is 0 Å². The van der Waals surface area contributed by atoms with Gasteiger partial charge in [0, 0.05) is 31.6 Å². The van der Waals surface area contributed by atoms with Crippen molar-refractivity contribution in [3.8, 4) is 0 Å². The first-order valence-electron chi connectivity index (χ1n) is 8.56. The van der Waals surface area contributed by atoms with Gasteiger partial charge in [0.05, 0.1) is 26.3 Å². The fourth-order valence-electron chi connectivity index (χ4n) is 3.51. The number of hydrogen-bond donors (Lipinski definition) is 2. The molecule has 1 aromatic rings. The molecule has 144 valence electrons. The summed E-state index contributed by atoms with van der Waals surface area (Å²) in [6.45, 7) is 2.00. The largest absolute Gasteiger partial charge is 0.497 e. The minimum atomic E-state index is -3.63. The summed E-state index contributed by atoms with van der Waals surface area (Å²) >= 11 is 0. The van der Waals surface area contributed by atoms with Crippen molar-refractivity contribution in [2.75, 3.05) is 38.8 Å². The highest BCUT2D eigenvalue weighted by Crippen LogP contribution is 2.32. The molecular formula is C16H25N5O4S. The maximum atomic E-state index is 11.0. The minimum absolute atomic E-state index is 0.275. The van der Waals surface area contributed by atoms with E-state index in [9.17, 15) is 8.42 Å². The van der Waals surface area contributed by atoms with Crippen LogP contribution in [0.4, 0.5) is 5.82 Å². The predicted molar refractivity (Wildman–Crippen MR) is 96.5 cm³/mol. The van der Waals surface area contributed by atoms with E-state index in [1.165, 1.54) is 0 Å². The number of allylic oxidation sites excluding steroid dienone is 2. The molecule has 3 rings (SSSR count). The fourth-order valence-corrected chi connectivity index (χ4v) is 3.98. The first-order chi connectivity index (χ1) is 12.4. The topological polar surface area (TPSA) is 120 Å². The van der Waals surface area contributed by atoms with Gasteiger partial charge in [-0.2, -0.15) is 8.42 Å². The monoisotopic (exact) mass is 383 g/mol. The molecule has 0 spiro atoms. The maximum Gasteiger partial charge on any atom is 0.274 e. The number of ether oxygens (including phenoxy) is 2. The van der Waals surface area contributed by atoms with E-state index < -0.39 is 10.2 Å². The van der Waals surface area contributed by atoms with E-state index in [4.69, 9.17) is 14.6 Å². The predicted octanol–water partition coefficient (Wildman–Crippen LogP) is 0.0891. The molecule has 0 atom stereocenters. The second-order valence-electron chi connectivity index (χ2n) is 6.55. The van der Waals surface area contributed by atoms with Crippen LogP contribution >= 0.6 is 0 Å². The van der Waals surface area contributed by atoms with E-state index in [1.54, 1.807) is 20.5 Å². The lowest BCUT2D eigenvalue weighted by molar-refractivity contribution is 0.206. The number of nitrogens with one attached hydrogen (secondary N) is 1. The Morgan fingerprint density at radius 3 is 2.46 bits per heavy atom. The molecule has 1 aromatic heterocycles. The van der Waals surface area contributed by atoms with Gasteiger partial charge in [0.25, 0.3) is 10.2 Å². The number of anilines is 1. The minimum Gasteiger partial charge on any atom is -0.497 e. The van der Waals surface area contributed by atoms with Crippen LogP contribution in [0.5, 0.6) is 0 Å². The number of nitrogens with zero attached hydrogens (tertiary/aromatic N) is 3. The molecular weight excluding hydrogens is 358 g/mol. The first kappa shape index (κ1) is 18.9. The molecule has 0 bridgehead atoms. The zero-order chi connectivity index (χ0) is 18.7. The first-order valence-corrected chi connectivity index (χ1v) is 10.1. The van der Waals surface area contributed by atoms with Crippen LogP contribution in [0.25, 0.3) is 0 Å². The summed E-state index contributed by atoms with van der Waals surface area (Å²) in [5.74, 6) is 2.81. The molecule has 2 heterocycles. The molecule has 0 saturated carbocycles. The van der Waals surface area contributed by atoms with Crippen molar-refractivity contribution in [1.82, 2.24) is 14.7 Å². The van der Waals surface area contributed by atoms with Crippen LogP contribution in [-0.4, -0.2) is 52.2 Å². The van der Waals surface area contributed by atoms with Crippen molar-refractivity contribution in [3.05, 3.63) is 29.1 Å². The van der Waals surface area contributed by atoms with Crippen molar-refractivity contribution in [2.45, 2.75) is 25.7 Å². The molecule has 9 nitrogen and oxygen atoms in total. The molecule has 1 saturated heterocycles. The molecule has 1 fully saturated rings. The lowest BCUT2D eigenvalue weighted by Crippen LogP contribution is -2.41. The summed E-state index contributed by atoms with van der Waals surface area (Å²) in [6, 6.07) is 0. The van der Waals surface area contributed by atoms with Gasteiger partial charge in [0.2, 0.25) is 0 Å². The van der Waals surface area contributed by atoms with E-state index in [1.807, 2.05) is 0 Å². The van der Waals surface area contributed by atoms with Crippen LogP contribution < -0.4 is 14.8 Å². The molecule has 3 N–H and O–H groups in total. The van der Waals surface area contributed by atoms with E-state index in [0.717, 1.165) is 54.5 Å². The Labute approximate surface area is 153 Å². The van der Waals surface area contributed by atoms with Gasteiger partial charge >= 0.3 is 0 Å². The van der Waals surface area contributed by atoms with Crippen molar-refractivity contribution in [2.24, 2.45) is 11.1 Å². The third-order valence-electron chi connectivity index (χ3n) is 4.97. The van der Waals surface area contributed by atoms with Crippen molar-refractivity contribution in [3.63, 3.8) is 0 Å². The number of hydrogen-bond acceptors (Lipinski definition) is 7. The SMILES string of the molecule is COC1=C(OC)Cc2c(ncnc2N2CCC(CNS(N)(=O)=O)CC2)C1. The van der Waals surface area contributed by atoms with Gasteiger partial charge in [0.1, 0.15) is 23.7 Å². The second-order valence-corrected chi connectivity index (χ2v) is 7.93. The van der Waals surface area contributed by atoms with Crippen LogP contribution in [0, 0.1) is 5.92 Å². The van der Waals surface area contributed by atoms with Crippen LogP contribution in [-0.2, 0) is 32.5 Å². The van der Waals surface area contributed by atoms with Crippen molar-refractivity contribution < 1.29 is 17.9 Å². The summed E-state index contributed by atoms with van der Waals surface area (Å²) in [4.78, 5) is 11.2. The van der Waals surface area contributed by atoms with Crippen molar-refractivity contribution in [1.29, 1.82) is 0 Å². The molecule has 26 heavy (non-hydrogen) atoms. The number of aromatic nitrogens is 2. The summed E-state index contributed by atoms with van der Waals surface area (Å²) < 4.78 is 35.4. The molecule has 1 aliphatic heterocycles. The van der Waals surface area contributed by atoms with Gasteiger partial charge in [-0.1, -0.05) is 0 Å². The zero-order valence-corrected chi connectivity index (χ0v) is 15.9. The average Bonchev–Trinajstić information content (AvgIpc) is 2.64. The van der Waals surface area contributed by atoms with Gasteiger partial charge in [0.15, 0.2) is 0 Å². The third-order valence-corrected chi connectivity index (χ3v) is 5.54. The van der Waals surface area contributed by atoms with Gasteiger partial charge in [-0.25, -0.2) is 19.8 Å². The van der Waals surface area contributed by atoms with Gasteiger partial charge < -0.3 is 14.4 Å². The second kappa shape index (κ2) is 7.77. The van der Waals surface area contributed by atoms with Crippen LogP contribution in [0.2, 0.25) is 0 Å². The van der Waals surface area contributed by atoms with Gasteiger partial charge in [-0.15, -0.1) is 0 Å². The standard InChI is InChI=1S/C16H25N5O4S/c1-24-14-7-12-13(8-15(14)25-2)18-10-19-16(12)21-5-3-11(4-6-21)9-20-26(17,22)23/h10-11,20H,3-9H2,1-2H3,(H2,17,22,23). The van der Waals surface area contributed by atoms with Gasteiger partial charge in [-0.3, -0.25) is 0 Å². The highest BCUT2D eigenvalue weighted by molar-refractivity contribution is 7.87. The summed E-state index contributed by atoms with van der Waals surface area (Å²) in [5, 5.41) is 5.00. The molecule has 0 aromatic carbocycles. The molecule has 0 amide bonds. The summed E-state index contributed by atoms with van der Waals surface area (Å²) in [7, 11) is -0.347. The average molecular weight is 383 g/mol. The van der Waals surface area contributed by atoms with E-state index in [0.29, 0.717) is 19.4 Å². The molecule has 2 aliphatic rings. The van der Waals surface area contributed by atoms with E-state index in [-0.39, 0.29) is 5.92 Å². The van der Waals surface area contributed by atoms with Crippen LogP contribution in [0.1, 0.15) is 24.1 Å². The van der Waals surface area contributed by atoms with E-state index in [2.05, 4.69) is 19.6 Å². The number of fused-ring (bicyclic) bond motifs is 1. The number of methoxy groups -OCH3 is 2. The molecule has 10 heteroatoms. The molecule has 0 unspecified atom stereocenters. The van der Waals surface area contributed by atoms with Crippen molar-refractivity contribution >= 4 is 16.0 Å². The van der Waals surface area contributed by atoms with Crippen LogP contribution in [0.15, 0.2) is 17.8 Å². The lowest BCUT2D eigenvalue weighted by atomic mass is 9.95. The lowest BCUT2D eigenvalue weighted by Gasteiger charge is -2.34. The Balaban J connectivity index is 1.70. The highest BCUT2D eigenvalue weighted by atomic mass is 32.2. The fraction of sp³-hybridized carbons (Fsp3) is 0.625. The smallest absolute Gasteiger partial charge is 0.274 e. The maximum absolute atomic E-state index is 11.0. The quantitative estimate of drug-likeness (QED) is 0.714. The summed E-state index contributed by atoms with van der Waals surface area (Å²) in [6.07, 6.45) is 4.54. The third kappa shape index (κ3) is 4.25. The number of rotatable bonds is 6. The normalized spacial score (nSPS) is 18.7. The number of piperidine rings is 1. The number of nitrogens with two attached hydrogens (primary N) is 1. The zero-order valence-electron chi connectivity index (χ0n) is 15.1. The Bertz CT molecular complexity index is 788. The summed E-state index contributed by atoms with van der Waals surface area (Å²) in [5.41, 5.74) is 2.04. The van der Waals surface area contributed by atoms with Gasteiger partial charge in [-0.05, 0) is 18.8 Å². The molecule has 0 radical (unpaired) electrons. The van der Waals surface area contributed by atoms with Crippen LogP contribution in [0.3, 0.4) is 0 Å². The Morgan fingerprint density at radius 1 is 1.19 bits per heavy atom. The molecule has 1 aliphatic carbocycles. The Kier molecular flexibility index (Phi) is 5.64. The Morgan fingerprint density at radius 2 is 1.85 bits per heavy atom. The highest BCUT2D eigenvalue weighted by Gasteiger charge is 2.28. The Hall–Kier alpha value is -1.91.